The SMILES string of the molecule is [2H]c1c(F)c([2H])c2onc(C3([2H])C([2H])([2H])C([2H])([2H])N(CCc4c(C)nc5n(c4=O)C([2H])([2H])C([2H])([2H])C([2H])([2H])C5O)C([2H])([2H])C3([2H])[2H])c2c1[2H]. The minimum atomic E-state index is -3.86. The third-order valence-corrected chi connectivity index (χ3v) is 4.70. The van der Waals surface area contributed by atoms with Crippen LogP contribution in [-0.2, 0) is 12.9 Å². The van der Waals surface area contributed by atoms with Crippen LogP contribution in [0.1, 0.15) is 84.9 Å². The van der Waals surface area contributed by atoms with E-state index in [0.717, 1.165) is 6.92 Å². The standard InChI is InChI=1S/C23H27FN4O3/c1-14-17(23(30)28-9-2-3-19(29)22(28)25-14)8-12-27-10-6-15(7-11-27)21-18-5-4-16(24)13-20(18)31-26-21/h4-5,13,15,19,29H,2-3,6-12H2,1H3/i2D2,3D2,4D,5D,6D2,7D2,9D2,10D2,11D2,13D,15D. The van der Waals surface area contributed by atoms with E-state index >= 15 is 0 Å². The molecule has 2 aliphatic rings. The molecule has 1 fully saturated rings. The van der Waals surface area contributed by atoms with Crippen LogP contribution in [0.15, 0.2) is 27.4 Å². The van der Waals surface area contributed by atoms with Crippen LogP contribution < -0.4 is 5.56 Å². The van der Waals surface area contributed by atoms with Gasteiger partial charge in [-0.2, -0.15) is 0 Å². The summed E-state index contributed by atoms with van der Waals surface area (Å²) < 4.78 is 171. The van der Waals surface area contributed by atoms with E-state index in [1.54, 1.807) is 0 Å². The monoisotopic (exact) mass is 444 g/mol. The molecule has 4 heterocycles. The van der Waals surface area contributed by atoms with Crippen molar-refractivity contribution in [3.05, 3.63) is 57.1 Å². The fourth-order valence-corrected chi connectivity index (χ4v) is 3.15. The maximum absolute atomic E-state index is 14.4. The first-order chi connectivity index (χ1) is 21.9. The van der Waals surface area contributed by atoms with Gasteiger partial charge in [-0.3, -0.25) is 9.36 Å². The summed E-state index contributed by atoms with van der Waals surface area (Å²) in [6, 6.07) is -3.49. The first kappa shape index (κ1) is 8.41. The van der Waals surface area contributed by atoms with E-state index in [-0.39, 0.29) is 15.2 Å². The molecule has 3 aromatic rings. The molecule has 164 valence electrons. The van der Waals surface area contributed by atoms with E-state index in [0.29, 0.717) is 0 Å². The molecule has 31 heavy (non-hydrogen) atoms. The van der Waals surface area contributed by atoms with Crippen LogP contribution in [0.4, 0.5) is 4.39 Å². The fraction of sp³-hybridized carbons (Fsp3) is 0.522. The molecule has 0 radical (unpaired) electrons. The Balaban J connectivity index is 1.65. The van der Waals surface area contributed by atoms with Crippen molar-refractivity contribution in [3.8, 4) is 0 Å². The summed E-state index contributed by atoms with van der Waals surface area (Å²) >= 11 is 0. The summed E-state index contributed by atoms with van der Waals surface area (Å²) in [5, 5.41) is 13.1. The molecule has 0 saturated carbocycles. The van der Waals surface area contributed by atoms with Gasteiger partial charge in [-0.25, -0.2) is 9.37 Å². The van der Waals surface area contributed by atoms with Crippen LogP contribution in [0.5, 0.6) is 0 Å². The van der Waals surface area contributed by atoms with Gasteiger partial charge < -0.3 is 14.5 Å². The van der Waals surface area contributed by atoms with Crippen LogP contribution in [0.2, 0.25) is 0 Å². The lowest BCUT2D eigenvalue weighted by atomic mass is 9.91. The molecule has 1 unspecified atom stereocenters. The quantitative estimate of drug-likeness (QED) is 0.666. The van der Waals surface area contributed by atoms with Crippen molar-refractivity contribution >= 4 is 11.0 Å². The Morgan fingerprint density at radius 2 is 2.16 bits per heavy atom. The number of hydrogen-bond acceptors (Lipinski definition) is 6. The van der Waals surface area contributed by atoms with Gasteiger partial charge in [0.2, 0.25) is 0 Å². The van der Waals surface area contributed by atoms with Gasteiger partial charge in [0.25, 0.3) is 5.56 Å². The van der Waals surface area contributed by atoms with Gasteiger partial charge in [-0.15, -0.1) is 0 Å². The maximum Gasteiger partial charge on any atom is 0.257 e. The average Bonchev–Trinajstić information content (AvgIpc) is 3.43. The molecule has 7 nitrogen and oxygen atoms in total. The molecular formula is C23H27FN4O3. The summed E-state index contributed by atoms with van der Waals surface area (Å²) in [5.41, 5.74) is -4.31. The van der Waals surface area contributed by atoms with Crippen molar-refractivity contribution in [1.29, 1.82) is 0 Å². The number of piperidine rings is 1. The molecule has 0 aliphatic carbocycles. The zero-order chi connectivity index (χ0) is 37.6. The van der Waals surface area contributed by atoms with E-state index in [1.807, 2.05) is 0 Å². The highest BCUT2D eigenvalue weighted by Crippen LogP contribution is 2.32. The van der Waals surface area contributed by atoms with Crippen LogP contribution in [0, 0.1) is 12.7 Å². The molecule has 1 N–H and O–H groups in total. The Morgan fingerprint density at radius 3 is 2.97 bits per heavy atom. The zero-order valence-electron chi connectivity index (χ0n) is 33.9. The van der Waals surface area contributed by atoms with Crippen molar-refractivity contribution in [2.45, 2.75) is 57.3 Å². The largest absolute Gasteiger partial charge is 0.385 e. The lowest BCUT2D eigenvalue weighted by molar-refractivity contribution is 0.129. The van der Waals surface area contributed by atoms with E-state index < -0.39 is 128 Å². The molecular weight excluding hydrogens is 399 g/mol. The Labute approximate surface area is 204 Å². The number of aryl methyl sites for hydroxylation is 1. The van der Waals surface area contributed by atoms with Gasteiger partial charge in [0, 0.05) is 62.2 Å². The number of likely N-dealkylation sites (tertiary alicyclic amines) is 1. The lowest BCUT2D eigenvalue weighted by Gasteiger charge is -2.31. The summed E-state index contributed by atoms with van der Waals surface area (Å²) in [4.78, 5) is 17.6. The van der Waals surface area contributed by atoms with Crippen molar-refractivity contribution in [1.82, 2.24) is 19.6 Å². The van der Waals surface area contributed by atoms with Crippen molar-refractivity contribution in [3.63, 3.8) is 0 Å². The smallest absolute Gasteiger partial charge is 0.257 e. The van der Waals surface area contributed by atoms with Crippen LogP contribution in [-0.4, -0.2) is 44.3 Å². The predicted octanol–water partition coefficient (Wildman–Crippen LogP) is 3.08. The maximum atomic E-state index is 14.4. The van der Waals surface area contributed by atoms with Crippen LogP contribution in [0.25, 0.3) is 11.0 Å². The summed E-state index contributed by atoms with van der Waals surface area (Å²) in [6.07, 6.45) is -17.7. The summed E-state index contributed by atoms with van der Waals surface area (Å²) in [7, 11) is 0. The molecule has 0 spiro atoms. The number of fused-ring (bicyclic) bond motifs is 2. The number of nitrogens with zero attached hydrogens (tertiary/aromatic N) is 4. The molecule has 2 aromatic heterocycles. The Kier molecular flexibility index (Phi) is 2.21. The number of halogens is 1. The summed E-state index contributed by atoms with van der Waals surface area (Å²) in [5.74, 6) is -6.18. The minimum Gasteiger partial charge on any atom is -0.385 e. The number of aliphatic hydroxyl groups is 1. The highest BCUT2D eigenvalue weighted by Gasteiger charge is 2.26. The number of hydrogen-bond donors (Lipinski definition) is 1. The second-order valence-electron chi connectivity index (χ2n) is 6.63. The molecule has 2 aliphatic heterocycles. The van der Waals surface area contributed by atoms with Gasteiger partial charge in [-0.05, 0) is 63.9 Å². The molecule has 1 atom stereocenters. The highest BCUT2D eigenvalue weighted by molar-refractivity contribution is 5.79. The Morgan fingerprint density at radius 1 is 1.35 bits per heavy atom. The fourth-order valence-electron chi connectivity index (χ4n) is 3.15. The van der Waals surface area contributed by atoms with Crippen LogP contribution >= 0.6 is 0 Å². The Hall–Kier alpha value is -2.58. The van der Waals surface area contributed by atoms with E-state index in [2.05, 4.69) is 10.1 Å². The van der Waals surface area contributed by atoms with Crippen molar-refractivity contribution < 1.29 is 38.7 Å². The molecule has 5 rings (SSSR count). The number of benzene rings is 1. The molecule has 1 saturated heterocycles. The number of rotatable bonds is 4. The predicted molar refractivity (Wildman–Crippen MR) is 114 cm³/mol. The van der Waals surface area contributed by atoms with E-state index in [1.165, 1.54) is 0 Å². The van der Waals surface area contributed by atoms with Gasteiger partial charge >= 0.3 is 0 Å². The molecule has 8 heteroatoms. The van der Waals surface area contributed by atoms with Gasteiger partial charge in [-0.1, -0.05) is 5.16 Å². The van der Waals surface area contributed by atoms with Gasteiger partial charge in [0.15, 0.2) is 5.58 Å². The minimum absolute atomic E-state index is 0.0343. The highest BCUT2D eigenvalue weighted by atomic mass is 19.1. The van der Waals surface area contributed by atoms with Crippen molar-refractivity contribution in [2.24, 2.45) is 0 Å². The van der Waals surface area contributed by atoms with Gasteiger partial charge in [0.05, 0.1) is 9.81 Å². The van der Waals surface area contributed by atoms with E-state index in [4.69, 9.17) is 29.2 Å². The number of aliphatic hydroxyl groups excluding tert-OH is 1. The van der Waals surface area contributed by atoms with Gasteiger partial charge in [0.1, 0.15) is 17.7 Å². The van der Waals surface area contributed by atoms with Crippen molar-refractivity contribution in [2.75, 3.05) is 19.5 Å². The molecule has 0 amide bonds. The third-order valence-electron chi connectivity index (χ3n) is 4.70. The second-order valence-corrected chi connectivity index (χ2v) is 6.63. The molecule has 0 bridgehead atoms. The Bertz CT molecular complexity index is 1930. The summed E-state index contributed by atoms with van der Waals surface area (Å²) in [6.45, 7) is -10.8. The molecule has 1 aromatic carbocycles. The lowest BCUT2D eigenvalue weighted by Crippen LogP contribution is -2.37. The normalized spacial score (nSPS) is 41.2. The topological polar surface area (TPSA) is 84.4 Å². The first-order valence-electron chi connectivity index (χ1n) is 18.1. The second kappa shape index (κ2) is 8.16. The number of aromatic nitrogens is 3. The first-order valence-corrected chi connectivity index (χ1v) is 9.07. The van der Waals surface area contributed by atoms with E-state index in [9.17, 15) is 14.3 Å². The average molecular weight is 445 g/mol. The van der Waals surface area contributed by atoms with Crippen LogP contribution in [0.3, 0.4) is 0 Å². The zero-order valence-corrected chi connectivity index (χ0v) is 15.9. The third kappa shape index (κ3) is 3.78.